The highest BCUT2D eigenvalue weighted by Gasteiger charge is 2.43. The maximum absolute atomic E-state index is 10.1. The molecule has 0 amide bonds. The molecule has 1 saturated heterocycles. The number of nitrogens with zero attached hydrogens (tertiary/aromatic N) is 4. The van der Waals surface area contributed by atoms with Crippen molar-refractivity contribution in [1.82, 2.24) is 19.5 Å². The molecular weight excluding hydrogens is 284 g/mol. The van der Waals surface area contributed by atoms with Crippen LogP contribution in [0.25, 0.3) is 11.2 Å². The van der Waals surface area contributed by atoms with E-state index in [1.54, 1.807) is 4.57 Å². The molecule has 3 rings (SSSR count). The van der Waals surface area contributed by atoms with Crippen LogP contribution in [-0.2, 0) is 0 Å². The average Bonchev–Trinajstić information content (AvgIpc) is 2.93. The van der Waals surface area contributed by atoms with Crippen molar-refractivity contribution in [2.24, 2.45) is 0 Å². The lowest BCUT2D eigenvalue weighted by molar-refractivity contribution is 0.0113. The highest BCUT2D eigenvalue weighted by atomic mass is 32.2. The van der Waals surface area contributed by atoms with Crippen molar-refractivity contribution in [3.8, 4) is 0 Å². The molecule has 10 heteroatoms. The molecule has 0 bridgehead atoms. The lowest BCUT2D eigenvalue weighted by atomic mass is 10.1. The molecule has 0 spiro atoms. The highest BCUT2D eigenvalue weighted by Crippen LogP contribution is 2.42. The number of rotatable bonds is 2. The quantitative estimate of drug-likeness (QED) is 0.436. The van der Waals surface area contributed by atoms with Gasteiger partial charge in [0, 0.05) is 0 Å². The van der Waals surface area contributed by atoms with E-state index < -0.39 is 22.8 Å². The zero-order valence-electron chi connectivity index (χ0n) is 10.3. The van der Waals surface area contributed by atoms with Gasteiger partial charge in [-0.25, -0.2) is 4.98 Å². The summed E-state index contributed by atoms with van der Waals surface area (Å²) in [6.07, 6.45) is -0.612. The Hall–Kier alpha value is -1.62. The molecule has 4 atom stereocenters. The van der Waals surface area contributed by atoms with E-state index in [0.717, 1.165) is 0 Å². The Morgan fingerprint density at radius 1 is 1.25 bits per heavy atom. The zero-order valence-corrected chi connectivity index (χ0v) is 11.1. The summed E-state index contributed by atoms with van der Waals surface area (Å²) in [5.41, 5.74) is 12.1. The number of imidazole rings is 1. The first-order chi connectivity index (χ1) is 9.52. The minimum atomic E-state index is -1.05. The number of hydrogen-bond donors (Lipinski definition) is 5. The minimum Gasteiger partial charge on any atom is -0.395 e. The Morgan fingerprint density at radius 3 is 2.65 bits per heavy atom. The van der Waals surface area contributed by atoms with Crippen LogP contribution in [0.5, 0.6) is 0 Å². The van der Waals surface area contributed by atoms with Crippen molar-refractivity contribution in [2.45, 2.75) is 22.8 Å². The Morgan fingerprint density at radius 2 is 2.00 bits per heavy atom. The van der Waals surface area contributed by atoms with Crippen LogP contribution in [0.3, 0.4) is 0 Å². The van der Waals surface area contributed by atoms with Crippen LogP contribution in [0.2, 0.25) is 0 Å². The third kappa shape index (κ3) is 1.88. The number of thioether (sulfide) groups is 1. The summed E-state index contributed by atoms with van der Waals surface area (Å²) in [5.74, 6) is 0.163. The van der Waals surface area contributed by atoms with Crippen LogP contribution in [0, 0.1) is 0 Å². The summed E-state index contributed by atoms with van der Waals surface area (Å²) in [7, 11) is 0. The number of aliphatic hydroxyl groups is 3. The van der Waals surface area contributed by atoms with E-state index in [4.69, 9.17) is 11.5 Å². The van der Waals surface area contributed by atoms with Crippen molar-refractivity contribution in [3.63, 3.8) is 0 Å². The van der Waals surface area contributed by atoms with Crippen molar-refractivity contribution >= 4 is 34.7 Å². The number of fused-ring (bicyclic) bond motifs is 1. The van der Waals surface area contributed by atoms with Gasteiger partial charge in [-0.3, -0.25) is 4.57 Å². The first kappa shape index (κ1) is 13.4. The molecular formula is C10H14N6O3S. The maximum Gasteiger partial charge on any atom is 0.224 e. The summed E-state index contributed by atoms with van der Waals surface area (Å²) >= 11 is 1.24. The summed E-state index contributed by atoms with van der Waals surface area (Å²) in [4.78, 5) is 12.0. The van der Waals surface area contributed by atoms with Crippen molar-refractivity contribution in [2.75, 3.05) is 18.1 Å². The van der Waals surface area contributed by atoms with E-state index in [1.165, 1.54) is 18.1 Å². The van der Waals surface area contributed by atoms with Crippen molar-refractivity contribution in [1.29, 1.82) is 0 Å². The number of hydrogen-bond acceptors (Lipinski definition) is 9. The van der Waals surface area contributed by atoms with Crippen LogP contribution in [0.1, 0.15) is 5.37 Å². The van der Waals surface area contributed by atoms with Crippen LogP contribution in [0.4, 0.5) is 11.8 Å². The topological polar surface area (TPSA) is 156 Å². The van der Waals surface area contributed by atoms with Crippen molar-refractivity contribution in [3.05, 3.63) is 6.33 Å². The summed E-state index contributed by atoms with van der Waals surface area (Å²) < 4.78 is 1.58. The summed E-state index contributed by atoms with van der Waals surface area (Å²) in [6, 6.07) is 0. The maximum atomic E-state index is 10.1. The first-order valence-electron chi connectivity index (χ1n) is 5.91. The molecule has 0 unspecified atom stereocenters. The van der Waals surface area contributed by atoms with Gasteiger partial charge in [-0.2, -0.15) is 9.97 Å². The van der Waals surface area contributed by atoms with Gasteiger partial charge >= 0.3 is 0 Å². The van der Waals surface area contributed by atoms with E-state index in [2.05, 4.69) is 15.0 Å². The molecule has 2 aromatic rings. The Bertz CT molecular complexity index is 649. The number of nitrogens with two attached hydrogens (primary N) is 2. The standard InChI is InChI=1S/C10H14N6O3S/c11-7-4-8(15-10(12)14-7)16(2-13-4)9-6(19)5(18)3(1-17)20-9/h2-3,5-6,9,17-19H,1H2,(H4,11,12,14,15)/t3-,5+,6-,9+/m0/s1. The van der Waals surface area contributed by atoms with Gasteiger partial charge in [0.1, 0.15) is 17.0 Å². The number of anilines is 2. The van der Waals surface area contributed by atoms with E-state index >= 15 is 0 Å². The molecule has 0 saturated carbocycles. The molecule has 3 heterocycles. The molecule has 20 heavy (non-hydrogen) atoms. The molecule has 7 N–H and O–H groups in total. The molecule has 1 aliphatic heterocycles. The van der Waals surface area contributed by atoms with Gasteiger partial charge in [-0.05, 0) is 0 Å². The minimum absolute atomic E-state index is 0.00786. The molecule has 0 radical (unpaired) electrons. The van der Waals surface area contributed by atoms with Gasteiger partial charge in [0.05, 0.1) is 24.3 Å². The molecule has 0 aromatic carbocycles. The molecule has 0 aliphatic carbocycles. The smallest absolute Gasteiger partial charge is 0.224 e. The Kier molecular flexibility index (Phi) is 3.17. The fraction of sp³-hybridized carbons (Fsp3) is 0.500. The third-order valence-electron chi connectivity index (χ3n) is 3.26. The highest BCUT2D eigenvalue weighted by molar-refractivity contribution is 8.00. The average molecular weight is 298 g/mol. The predicted octanol–water partition coefficient (Wildman–Crippen LogP) is -1.68. The Balaban J connectivity index is 2.07. The van der Waals surface area contributed by atoms with Crippen molar-refractivity contribution < 1.29 is 15.3 Å². The molecule has 108 valence electrons. The molecule has 2 aromatic heterocycles. The number of aliphatic hydroxyl groups excluding tert-OH is 3. The number of aromatic nitrogens is 4. The fourth-order valence-electron chi connectivity index (χ4n) is 2.25. The van der Waals surface area contributed by atoms with Crippen LogP contribution >= 0.6 is 11.8 Å². The SMILES string of the molecule is Nc1nc(N)c2ncn([C@@H]3S[C@@H](CO)[C@@H](O)[C@@H]3O)c2n1. The van der Waals surface area contributed by atoms with Gasteiger partial charge in [0.25, 0.3) is 0 Å². The van der Waals surface area contributed by atoms with Crippen LogP contribution in [0.15, 0.2) is 6.33 Å². The monoisotopic (exact) mass is 298 g/mol. The van der Waals surface area contributed by atoms with E-state index in [-0.39, 0.29) is 18.4 Å². The van der Waals surface area contributed by atoms with E-state index in [9.17, 15) is 15.3 Å². The van der Waals surface area contributed by atoms with Gasteiger partial charge in [-0.15, -0.1) is 11.8 Å². The summed E-state index contributed by atoms with van der Waals surface area (Å²) in [5, 5.41) is 28.1. The number of nitrogen functional groups attached to an aromatic ring is 2. The third-order valence-corrected chi connectivity index (χ3v) is 4.82. The lowest BCUT2D eigenvalue weighted by Crippen LogP contribution is -2.32. The predicted molar refractivity (Wildman–Crippen MR) is 73.7 cm³/mol. The second-order valence-electron chi connectivity index (χ2n) is 4.52. The molecule has 1 fully saturated rings. The van der Waals surface area contributed by atoms with Gasteiger partial charge in [0.2, 0.25) is 5.95 Å². The van der Waals surface area contributed by atoms with E-state index in [1.807, 2.05) is 0 Å². The van der Waals surface area contributed by atoms with Crippen LogP contribution in [-0.4, -0.2) is 58.9 Å². The fourth-order valence-corrected chi connectivity index (χ4v) is 3.63. The normalized spacial score (nSPS) is 30.1. The Labute approximate surface area is 117 Å². The second-order valence-corrected chi connectivity index (χ2v) is 5.88. The van der Waals surface area contributed by atoms with Gasteiger partial charge in [-0.1, -0.05) is 0 Å². The summed E-state index contributed by atoms with van der Waals surface area (Å²) in [6.45, 7) is -0.231. The van der Waals surface area contributed by atoms with Gasteiger partial charge < -0.3 is 26.8 Å². The van der Waals surface area contributed by atoms with Crippen LogP contribution < -0.4 is 11.5 Å². The first-order valence-corrected chi connectivity index (χ1v) is 6.85. The molecule has 1 aliphatic rings. The molecule has 9 nitrogen and oxygen atoms in total. The largest absolute Gasteiger partial charge is 0.395 e. The zero-order chi connectivity index (χ0) is 14.4. The van der Waals surface area contributed by atoms with Gasteiger partial charge in [0.15, 0.2) is 11.5 Å². The lowest BCUT2D eigenvalue weighted by Gasteiger charge is -2.17. The second kappa shape index (κ2) is 4.74. The van der Waals surface area contributed by atoms with E-state index in [0.29, 0.717) is 11.2 Å².